The zero-order valence-corrected chi connectivity index (χ0v) is 16.1. The van der Waals surface area contributed by atoms with Crippen LogP contribution in [-0.2, 0) is 11.3 Å². The van der Waals surface area contributed by atoms with E-state index in [1.165, 1.54) is 22.5 Å². The molecule has 1 atom stereocenters. The summed E-state index contributed by atoms with van der Waals surface area (Å²) in [6.07, 6.45) is 3.10. The van der Waals surface area contributed by atoms with Gasteiger partial charge >= 0.3 is 0 Å². The van der Waals surface area contributed by atoms with Gasteiger partial charge < -0.3 is 14.4 Å². The fourth-order valence-corrected chi connectivity index (χ4v) is 4.20. The fourth-order valence-electron chi connectivity index (χ4n) is 3.33. The van der Waals surface area contributed by atoms with Crippen LogP contribution in [0.1, 0.15) is 37.9 Å². The smallest absolute Gasteiger partial charge is 0.290 e. The lowest BCUT2D eigenvalue weighted by molar-refractivity contribution is -0.130. The number of rotatable bonds is 5. The SMILES string of the molecule is Cc1nc(C)c(C(=O)C2=C(O)C(=O)N(Cc3ccco3)C2c2ccccn2)s1. The number of carbonyl (C=O) groups is 2. The van der Waals surface area contributed by atoms with Gasteiger partial charge in [-0.25, -0.2) is 4.98 Å². The lowest BCUT2D eigenvalue weighted by atomic mass is 9.98. The van der Waals surface area contributed by atoms with Crippen LogP contribution in [0.25, 0.3) is 0 Å². The van der Waals surface area contributed by atoms with Crippen LogP contribution in [0.5, 0.6) is 0 Å². The monoisotopic (exact) mass is 395 g/mol. The Morgan fingerprint density at radius 1 is 1.29 bits per heavy atom. The Morgan fingerprint density at radius 3 is 2.71 bits per heavy atom. The van der Waals surface area contributed by atoms with Crippen LogP contribution in [0.4, 0.5) is 0 Å². The molecule has 1 amide bonds. The van der Waals surface area contributed by atoms with Gasteiger partial charge in [0, 0.05) is 6.20 Å². The van der Waals surface area contributed by atoms with Gasteiger partial charge in [-0.15, -0.1) is 11.3 Å². The Kier molecular flexibility index (Phi) is 4.56. The molecule has 1 aliphatic rings. The van der Waals surface area contributed by atoms with E-state index in [2.05, 4.69) is 9.97 Å². The van der Waals surface area contributed by atoms with Crippen molar-refractivity contribution in [2.45, 2.75) is 26.4 Å². The van der Waals surface area contributed by atoms with Gasteiger partial charge in [0.05, 0.1) is 39.7 Å². The van der Waals surface area contributed by atoms with E-state index in [4.69, 9.17) is 4.42 Å². The zero-order chi connectivity index (χ0) is 19.8. The Labute approximate surface area is 165 Å². The maximum absolute atomic E-state index is 13.3. The molecule has 0 fully saturated rings. The van der Waals surface area contributed by atoms with Gasteiger partial charge in [-0.3, -0.25) is 14.6 Å². The Morgan fingerprint density at radius 2 is 2.11 bits per heavy atom. The molecule has 0 radical (unpaired) electrons. The molecule has 4 rings (SSSR count). The summed E-state index contributed by atoms with van der Waals surface area (Å²) in [5.41, 5.74) is 1.08. The van der Waals surface area contributed by atoms with Gasteiger partial charge in [0.1, 0.15) is 11.8 Å². The van der Waals surface area contributed by atoms with Crippen molar-refractivity contribution in [2.24, 2.45) is 0 Å². The third kappa shape index (κ3) is 3.01. The molecule has 3 aromatic rings. The number of amides is 1. The number of aromatic nitrogens is 2. The second-order valence-electron chi connectivity index (χ2n) is 6.41. The second kappa shape index (κ2) is 7.05. The summed E-state index contributed by atoms with van der Waals surface area (Å²) in [4.78, 5) is 36.6. The molecule has 0 bridgehead atoms. The first kappa shape index (κ1) is 18.1. The highest BCUT2D eigenvalue weighted by atomic mass is 32.1. The number of aliphatic hydroxyl groups is 1. The molecule has 142 valence electrons. The van der Waals surface area contributed by atoms with Crippen molar-refractivity contribution in [3.8, 4) is 0 Å². The Hall–Kier alpha value is -3.26. The molecule has 7 nitrogen and oxygen atoms in total. The van der Waals surface area contributed by atoms with Crippen molar-refractivity contribution in [3.63, 3.8) is 0 Å². The zero-order valence-electron chi connectivity index (χ0n) is 15.2. The van der Waals surface area contributed by atoms with Crippen molar-refractivity contribution in [3.05, 3.63) is 81.2 Å². The normalized spacial score (nSPS) is 16.9. The maximum Gasteiger partial charge on any atom is 0.290 e. The predicted octanol–water partition coefficient (Wildman–Crippen LogP) is 3.53. The first-order valence-electron chi connectivity index (χ1n) is 8.63. The first-order chi connectivity index (χ1) is 13.5. The predicted molar refractivity (Wildman–Crippen MR) is 102 cm³/mol. The van der Waals surface area contributed by atoms with E-state index in [9.17, 15) is 14.7 Å². The number of Topliss-reactive ketones (excluding diaryl/α,β-unsaturated/α-hetero) is 1. The number of hydrogen-bond donors (Lipinski definition) is 1. The van der Waals surface area contributed by atoms with E-state index in [0.29, 0.717) is 22.0 Å². The van der Waals surface area contributed by atoms with Gasteiger partial charge in [0.15, 0.2) is 5.76 Å². The molecule has 1 unspecified atom stereocenters. The largest absolute Gasteiger partial charge is 0.503 e. The van der Waals surface area contributed by atoms with Gasteiger partial charge in [-0.05, 0) is 38.1 Å². The number of nitrogens with zero attached hydrogens (tertiary/aromatic N) is 3. The number of aryl methyl sites for hydroxylation is 2. The minimum Gasteiger partial charge on any atom is -0.503 e. The Balaban J connectivity index is 1.81. The second-order valence-corrected chi connectivity index (χ2v) is 7.61. The number of ketones is 1. The maximum atomic E-state index is 13.3. The van der Waals surface area contributed by atoms with Crippen molar-refractivity contribution < 1.29 is 19.1 Å². The standard InChI is InChI=1S/C20H17N3O4S/c1-11-19(28-12(2)22-11)17(24)15-16(14-7-3-4-8-21-14)23(20(26)18(15)25)10-13-6-5-9-27-13/h3-9,16,25H,10H2,1-2H3. The minimum absolute atomic E-state index is 0.0157. The van der Waals surface area contributed by atoms with E-state index in [1.54, 1.807) is 43.5 Å². The van der Waals surface area contributed by atoms with E-state index in [-0.39, 0.29) is 12.1 Å². The summed E-state index contributed by atoms with van der Waals surface area (Å²) < 4.78 is 5.36. The number of furan rings is 1. The highest BCUT2D eigenvalue weighted by Crippen LogP contribution is 2.40. The molecule has 0 saturated carbocycles. The van der Waals surface area contributed by atoms with Crippen molar-refractivity contribution >= 4 is 23.0 Å². The van der Waals surface area contributed by atoms with Crippen molar-refractivity contribution in [1.29, 1.82) is 0 Å². The topological polar surface area (TPSA) is 96.5 Å². The molecule has 0 aliphatic carbocycles. The van der Waals surface area contributed by atoms with Gasteiger partial charge in [-0.1, -0.05) is 6.07 Å². The lowest BCUT2D eigenvalue weighted by Crippen LogP contribution is -2.31. The molecule has 3 aromatic heterocycles. The number of carbonyl (C=O) groups excluding carboxylic acids is 2. The van der Waals surface area contributed by atoms with Crippen LogP contribution in [-0.4, -0.2) is 31.7 Å². The summed E-state index contributed by atoms with van der Waals surface area (Å²) >= 11 is 1.24. The van der Waals surface area contributed by atoms with E-state index in [1.807, 2.05) is 6.92 Å². The number of aliphatic hydroxyl groups excluding tert-OH is 1. The Bertz CT molecular complexity index is 1070. The van der Waals surface area contributed by atoms with Gasteiger partial charge in [0.2, 0.25) is 5.78 Å². The molecule has 1 aliphatic heterocycles. The number of hydrogen-bond acceptors (Lipinski definition) is 7. The van der Waals surface area contributed by atoms with Gasteiger partial charge in [0.25, 0.3) is 5.91 Å². The minimum atomic E-state index is -0.812. The van der Waals surface area contributed by atoms with Crippen LogP contribution in [0, 0.1) is 13.8 Å². The van der Waals surface area contributed by atoms with E-state index < -0.39 is 23.5 Å². The molecular formula is C20H17N3O4S. The van der Waals surface area contributed by atoms with Crippen LogP contribution >= 0.6 is 11.3 Å². The summed E-state index contributed by atoms with van der Waals surface area (Å²) in [7, 11) is 0. The average Bonchev–Trinajstić information content (AvgIpc) is 3.37. The van der Waals surface area contributed by atoms with Crippen LogP contribution < -0.4 is 0 Å². The quantitative estimate of drug-likeness (QED) is 0.664. The van der Waals surface area contributed by atoms with Crippen LogP contribution in [0.3, 0.4) is 0 Å². The third-order valence-corrected chi connectivity index (χ3v) is 5.60. The molecule has 4 heterocycles. The highest BCUT2D eigenvalue weighted by Gasteiger charge is 2.45. The van der Waals surface area contributed by atoms with Gasteiger partial charge in [-0.2, -0.15) is 0 Å². The summed E-state index contributed by atoms with van der Waals surface area (Å²) in [5, 5.41) is 11.4. The number of pyridine rings is 1. The van der Waals surface area contributed by atoms with Crippen LogP contribution in [0.15, 0.2) is 58.5 Å². The molecule has 1 N–H and O–H groups in total. The summed E-state index contributed by atoms with van der Waals surface area (Å²) in [5.74, 6) is -1.06. The van der Waals surface area contributed by atoms with Crippen molar-refractivity contribution in [2.75, 3.05) is 0 Å². The average molecular weight is 395 g/mol. The molecule has 0 aromatic carbocycles. The molecule has 0 spiro atoms. The number of thiazole rings is 1. The molecule has 28 heavy (non-hydrogen) atoms. The fraction of sp³-hybridized carbons (Fsp3) is 0.200. The summed E-state index contributed by atoms with van der Waals surface area (Å²) in [6, 6.07) is 7.89. The summed E-state index contributed by atoms with van der Waals surface area (Å²) in [6.45, 7) is 3.65. The lowest BCUT2D eigenvalue weighted by Gasteiger charge is -2.25. The molecular weight excluding hydrogens is 378 g/mol. The highest BCUT2D eigenvalue weighted by molar-refractivity contribution is 7.14. The molecule has 0 saturated heterocycles. The van der Waals surface area contributed by atoms with Crippen LogP contribution in [0.2, 0.25) is 0 Å². The van der Waals surface area contributed by atoms with Crippen molar-refractivity contribution in [1.82, 2.24) is 14.9 Å². The third-order valence-electron chi connectivity index (χ3n) is 4.53. The van der Waals surface area contributed by atoms with E-state index >= 15 is 0 Å². The van der Waals surface area contributed by atoms with E-state index in [0.717, 1.165) is 5.01 Å². The first-order valence-corrected chi connectivity index (χ1v) is 9.45. The molecule has 8 heteroatoms.